The monoisotopic (exact) mass is 1020 g/mol. The van der Waals surface area contributed by atoms with Crippen LogP contribution in [-0.4, -0.2) is 127 Å². The number of benzene rings is 3. The number of anilines is 1. The molecule has 0 unspecified atom stereocenters. The van der Waals surface area contributed by atoms with Gasteiger partial charge in [0.25, 0.3) is 0 Å². The minimum atomic E-state index is -1.17. The van der Waals surface area contributed by atoms with Gasteiger partial charge in [-0.05, 0) is 99.9 Å². The van der Waals surface area contributed by atoms with Crippen LogP contribution in [0.4, 0.5) is 5.69 Å². The van der Waals surface area contributed by atoms with Crippen LogP contribution in [0.25, 0.3) is 0 Å². The molecule has 0 radical (unpaired) electrons. The number of fused-ring (bicyclic) bond motifs is 2. The summed E-state index contributed by atoms with van der Waals surface area (Å²) in [6.07, 6.45) is 3.56. The van der Waals surface area contributed by atoms with Gasteiger partial charge in [0.1, 0.15) is 49.3 Å². The third kappa shape index (κ3) is 15.3. The minimum absolute atomic E-state index is 0.0307. The van der Waals surface area contributed by atoms with Crippen molar-refractivity contribution in [2.75, 3.05) is 37.6 Å². The number of nitrogens with zero attached hydrogens (tertiary/aromatic N) is 3. The van der Waals surface area contributed by atoms with Crippen LogP contribution in [0.3, 0.4) is 0 Å². The van der Waals surface area contributed by atoms with Gasteiger partial charge in [-0.25, -0.2) is 0 Å². The summed E-state index contributed by atoms with van der Waals surface area (Å²) in [5.74, 6) is -5.09. The lowest BCUT2D eigenvalue weighted by atomic mass is 9.98. The fraction of sp³-hybridized carbons (Fsp3) is 0.509. The average Bonchev–Trinajstić information content (AvgIpc) is 3.84. The summed E-state index contributed by atoms with van der Waals surface area (Å²) in [5.41, 5.74) is 15.1. The summed E-state index contributed by atoms with van der Waals surface area (Å²) >= 11 is 0. The van der Waals surface area contributed by atoms with Crippen molar-refractivity contribution in [2.24, 2.45) is 28.3 Å². The molecule has 2 bridgehead atoms. The van der Waals surface area contributed by atoms with Gasteiger partial charge in [0.15, 0.2) is 0 Å². The Morgan fingerprint density at radius 2 is 1.28 bits per heavy atom. The van der Waals surface area contributed by atoms with Crippen molar-refractivity contribution >= 4 is 58.7 Å². The number of nitrogens with two attached hydrogens (primary N) is 2. The van der Waals surface area contributed by atoms with E-state index in [1.54, 1.807) is 32.0 Å². The second-order valence-electron chi connectivity index (χ2n) is 20.2. The predicted octanol–water partition coefficient (Wildman–Crippen LogP) is 2.12. The smallest absolute Gasteiger partial charge is 0.249 e. The first kappa shape index (κ1) is 56.3. The van der Waals surface area contributed by atoms with Crippen LogP contribution in [0.1, 0.15) is 108 Å². The van der Waals surface area contributed by atoms with E-state index in [0.717, 1.165) is 11.1 Å². The standard InChI is InChI=1S/C55H75N11O8/c1-34(2)28-42-52(71)63-43(29-36-16-7-5-8-17-36)55(74)65-27-15-22-44(65)53(72)64-48(35(3)4)54(73)61-40(20-11-13-25-56)50(69)59-31-37-23-24-39-45(30-37)66(47(68)32-58-49(39)38-18-9-6-10-19-38)33-46(67)60-41(51(70)62-42)21-12-14-26-57/h5-10,16-19,23-24,30,34-35,40-44,48H,11-15,20-22,25-29,31-33,56-57H2,1-4H3,(H,59,69)(H,60,67)(H,61,73)(H,62,70)(H,63,71)(H,64,72)/t40-,41-,42-,43+,44-,48-/m0/s1. The van der Waals surface area contributed by atoms with Crippen molar-refractivity contribution in [2.45, 2.75) is 135 Å². The fourth-order valence-electron chi connectivity index (χ4n) is 9.64. The lowest BCUT2D eigenvalue weighted by Gasteiger charge is -2.32. The van der Waals surface area contributed by atoms with Gasteiger partial charge >= 0.3 is 0 Å². The Bertz CT molecular complexity index is 2490. The van der Waals surface area contributed by atoms with Gasteiger partial charge in [0.2, 0.25) is 47.3 Å². The maximum absolute atomic E-state index is 14.8. The van der Waals surface area contributed by atoms with Crippen molar-refractivity contribution in [1.82, 2.24) is 36.8 Å². The molecule has 19 heteroatoms. The summed E-state index contributed by atoms with van der Waals surface area (Å²) < 4.78 is 0. The second kappa shape index (κ2) is 27.3. The van der Waals surface area contributed by atoms with E-state index < -0.39 is 96.0 Å². The molecule has 3 aromatic rings. The van der Waals surface area contributed by atoms with Gasteiger partial charge in [-0.1, -0.05) is 100 Å². The zero-order valence-corrected chi connectivity index (χ0v) is 43.2. The van der Waals surface area contributed by atoms with Gasteiger partial charge in [0, 0.05) is 30.6 Å². The predicted molar refractivity (Wildman–Crippen MR) is 282 cm³/mol. The molecule has 398 valence electrons. The molecule has 3 aliphatic rings. The number of rotatable bonds is 14. The molecular weight excluding hydrogens is 943 g/mol. The summed E-state index contributed by atoms with van der Waals surface area (Å²) in [5, 5.41) is 17.4. The zero-order valence-electron chi connectivity index (χ0n) is 43.2. The van der Waals surface area contributed by atoms with E-state index in [1.165, 1.54) is 9.80 Å². The number of carbonyl (C=O) groups is 8. The highest BCUT2D eigenvalue weighted by atomic mass is 16.2. The first-order valence-electron chi connectivity index (χ1n) is 26.1. The first-order chi connectivity index (χ1) is 35.6. The van der Waals surface area contributed by atoms with Crippen LogP contribution >= 0.6 is 0 Å². The normalized spacial score (nSPS) is 23.0. The van der Waals surface area contributed by atoms with Crippen molar-refractivity contribution in [3.8, 4) is 0 Å². The van der Waals surface area contributed by atoms with Crippen molar-refractivity contribution < 1.29 is 38.4 Å². The van der Waals surface area contributed by atoms with Gasteiger partial charge < -0.3 is 53.2 Å². The molecule has 3 aliphatic heterocycles. The molecule has 10 N–H and O–H groups in total. The van der Waals surface area contributed by atoms with Gasteiger partial charge in [-0.2, -0.15) is 0 Å². The summed E-state index contributed by atoms with van der Waals surface area (Å²) in [6.45, 7) is 7.43. The topological polar surface area (TPSA) is 280 Å². The third-order valence-corrected chi connectivity index (χ3v) is 13.6. The Labute approximate surface area is 434 Å². The summed E-state index contributed by atoms with van der Waals surface area (Å²) in [6, 6.07) is 17.2. The molecule has 1 fully saturated rings. The molecule has 3 heterocycles. The quantitative estimate of drug-likeness (QED) is 0.109. The number of carbonyl (C=O) groups excluding carboxylic acids is 8. The lowest BCUT2D eigenvalue weighted by molar-refractivity contribution is -0.143. The van der Waals surface area contributed by atoms with Crippen LogP contribution in [0.5, 0.6) is 0 Å². The van der Waals surface area contributed by atoms with E-state index in [1.807, 2.05) is 74.5 Å². The molecule has 8 amide bonds. The number of unbranched alkanes of at least 4 members (excludes halogenated alkanes) is 2. The molecule has 74 heavy (non-hydrogen) atoms. The van der Waals surface area contributed by atoms with E-state index in [9.17, 15) is 38.4 Å². The number of hydrogen-bond acceptors (Lipinski definition) is 11. The van der Waals surface area contributed by atoms with E-state index in [2.05, 4.69) is 31.9 Å². The Morgan fingerprint density at radius 1 is 0.662 bits per heavy atom. The van der Waals surface area contributed by atoms with Crippen LogP contribution in [0.2, 0.25) is 0 Å². The maximum Gasteiger partial charge on any atom is 0.249 e. The van der Waals surface area contributed by atoms with Crippen LogP contribution in [0.15, 0.2) is 83.9 Å². The number of amides is 8. The minimum Gasteiger partial charge on any atom is -0.350 e. The maximum atomic E-state index is 14.8. The Morgan fingerprint density at radius 3 is 1.93 bits per heavy atom. The van der Waals surface area contributed by atoms with Crippen molar-refractivity contribution in [1.29, 1.82) is 0 Å². The molecule has 19 nitrogen and oxygen atoms in total. The van der Waals surface area contributed by atoms with Gasteiger partial charge in [-0.15, -0.1) is 0 Å². The highest BCUT2D eigenvalue weighted by Gasteiger charge is 2.41. The van der Waals surface area contributed by atoms with Gasteiger partial charge in [0.05, 0.1) is 11.4 Å². The first-order valence-corrected chi connectivity index (χ1v) is 26.1. The Kier molecular flexibility index (Phi) is 20.8. The molecular formula is C55H75N11O8. The highest BCUT2D eigenvalue weighted by Crippen LogP contribution is 2.29. The SMILES string of the molecule is CC(C)C[C@@H]1NC(=O)[C@H](CCCCN)NC(=O)CN2C(=O)CN=C(c3ccccc3)c3ccc(cc32)CNC(=O)[C@H](CCCCN)NC(=O)[C@H](C(C)C)NC(=O)[C@@H]2CCCN2C(=O)[C@@H](Cc2ccccc2)NC1=O. The molecule has 0 aromatic heterocycles. The Balaban J connectivity index is 1.41. The van der Waals surface area contributed by atoms with Crippen molar-refractivity contribution in [3.05, 3.63) is 101 Å². The van der Waals surface area contributed by atoms with E-state index in [4.69, 9.17) is 16.5 Å². The number of hydrogen-bond donors (Lipinski definition) is 8. The third-order valence-electron chi connectivity index (χ3n) is 13.6. The van der Waals surface area contributed by atoms with Crippen LogP contribution in [0, 0.1) is 11.8 Å². The molecule has 0 aliphatic carbocycles. The highest BCUT2D eigenvalue weighted by molar-refractivity contribution is 6.20. The molecule has 0 saturated carbocycles. The summed E-state index contributed by atoms with van der Waals surface area (Å²) in [4.78, 5) is 122. The average molecular weight is 1020 g/mol. The molecule has 6 rings (SSSR count). The molecule has 0 spiro atoms. The molecule has 1 saturated heterocycles. The molecule has 3 aromatic carbocycles. The van der Waals surface area contributed by atoms with Crippen molar-refractivity contribution in [3.63, 3.8) is 0 Å². The summed E-state index contributed by atoms with van der Waals surface area (Å²) in [7, 11) is 0. The zero-order chi connectivity index (χ0) is 53.3. The van der Waals surface area contributed by atoms with Gasteiger partial charge in [-0.3, -0.25) is 43.3 Å². The second-order valence-corrected chi connectivity index (χ2v) is 20.2. The fourth-order valence-corrected chi connectivity index (χ4v) is 9.64. The number of nitrogens with one attached hydrogen (secondary N) is 6. The largest absolute Gasteiger partial charge is 0.350 e. The van der Waals surface area contributed by atoms with E-state index in [0.29, 0.717) is 74.1 Å². The molecule has 6 atom stereocenters. The Hall–Kier alpha value is -6.99. The van der Waals surface area contributed by atoms with Crippen LogP contribution < -0.4 is 48.3 Å². The lowest BCUT2D eigenvalue weighted by Crippen LogP contribution is -2.60. The van der Waals surface area contributed by atoms with E-state index >= 15 is 0 Å². The van der Waals surface area contributed by atoms with Crippen LogP contribution in [-0.2, 0) is 51.3 Å². The van der Waals surface area contributed by atoms with E-state index in [-0.39, 0.29) is 51.2 Å². The number of aliphatic imine (C=N–C) groups is 1.